The van der Waals surface area contributed by atoms with Crippen molar-refractivity contribution in [2.24, 2.45) is 5.92 Å². The van der Waals surface area contributed by atoms with E-state index in [2.05, 4.69) is 10.3 Å². The molecule has 1 aromatic heterocycles. The lowest BCUT2D eigenvalue weighted by atomic mass is 9.96. The van der Waals surface area contributed by atoms with Crippen LogP contribution in [0.3, 0.4) is 0 Å². The van der Waals surface area contributed by atoms with Crippen molar-refractivity contribution in [3.8, 4) is 0 Å². The van der Waals surface area contributed by atoms with E-state index in [-0.39, 0.29) is 0 Å². The molecule has 0 saturated heterocycles. The number of hydrogen-bond acceptors (Lipinski definition) is 3. The van der Waals surface area contributed by atoms with Gasteiger partial charge in [-0.2, -0.15) is 0 Å². The highest BCUT2D eigenvalue weighted by Crippen LogP contribution is 2.26. The van der Waals surface area contributed by atoms with Gasteiger partial charge in [-0.05, 0) is 18.8 Å². The molecule has 2 aliphatic carbocycles. The standard InChI is InChI=1S/C16H26N2O/c1-2-4-6-13(5-3-1)11-15-12-18-16(19-15)9-10-17-14-7-8-14/h12-14,17H,1-11H2. The van der Waals surface area contributed by atoms with Crippen LogP contribution in [0.15, 0.2) is 10.6 Å². The Hall–Kier alpha value is -0.830. The summed E-state index contributed by atoms with van der Waals surface area (Å²) in [6, 6.07) is 0.778. The summed E-state index contributed by atoms with van der Waals surface area (Å²) in [6.07, 6.45) is 15.1. The normalized spacial score (nSPS) is 21.5. The number of nitrogens with zero attached hydrogens (tertiary/aromatic N) is 1. The molecule has 0 aliphatic heterocycles. The van der Waals surface area contributed by atoms with Gasteiger partial charge in [0.25, 0.3) is 0 Å². The maximum Gasteiger partial charge on any atom is 0.195 e. The molecule has 0 bridgehead atoms. The number of aromatic nitrogens is 1. The number of rotatable bonds is 6. The van der Waals surface area contributed by atoms with Gasteiger partial charge in [0.2, 0.25) is 0 Å². The molecule has 2 saturated carbocycles. The third-order valence-electron chi connectivity index (χ3n) is 4.42. The van der Waals surface area contributed by atoms with Crippen molar-refractivity contribution in [3.05, 3.63) is 17.8 Å². The Kier molecular flexibility index (Phi) is 4.54. The molecule has 3 nitrogen and oxygen atoms in total. The van der Waals surface area contributed by atoms with Gasteiger partial charge in [0.15, 0.2) is 5.89 Å². The highest BCUT2D eigenvalue weighted by atomic mass is 16.4. The van der Waals surface area contributed by atoms with Crippen LogP contribution >= 0.6 is 0 Å². The van der Waals surface area contributed by atoms with E-state index < -0.39 is 0 Å². The largest absolute Gasteiger partial charge is 0.446 e. The first-order valence-electron chi connectivity index (χ1n) is 8.07. The Morgan fingerprint density at radius 3 is 2.63 bits per heavy atom. The Morgan fingerprint density at radius 1 is 1.11 bits per heavy atom. The second-order valence-corrected chi connectivity index (χ2v) is 6.26. The van der Waals surface area contributed by atoms with E-state index in [1.807, 2.05) is 6.20 Å². The van der Waals surface area contributed by atoms with Crippen LogP contribution in [0.2, 0.25) is 0 Å². The highest BCUT2D eigenvalue weighted by molar-refractivity contribution is 4.96. The van der Waals surface area contributed by atoms with Gasteiger partial charge in [-0.25, -0.2) is 4.98 Å². The summed E-state index contributed by atoms with van der Waals surface area (Å²) in [4.78, 5) is 4.42. The lowest BCUT2D eigenvalue weighted by Crippen LogP contribution is -2.19. The summed E-state index contributed by atoms with van der Waals surface area (Å²) in [5.74, 6) is 2.85. The molecule has 1 heterocycles. The first-order valence-corrected chi connectivity index (χ1v) is 8.07. The molecular weight excluding hydrogens is 236 g/mol. The zero-order valence-electron chi connectivity index (χ0n) is 11.9. The van der Waals surface area contributed by atoms with Crippen LogP contribution in [0.5, 0.6) is 0 Å². The van der Waals surface area contributed by atoms with E-state index in [0.29, 0.717) is 0 Å². The molecule has 1 N–H and O–H groups in total. The summed E-state index contributed by atoms with van der Waals surface area (Å²) in [5, 5.41) is 3.50. The van der Waals surface area contributed by atoms with Crippen molar-refractivity contribution in [1.29, 1.82) is 0 Å². The molecule has 0 aromatic carbocycles. The van der Waals surface area contributed by atoms with E-state index >= 15 is 0 Å². The van der Waals surface area contributed by atoms with E-state index in [1.54, 1.807) is 0 Å². The molecule has 19 heavy (non-hydrogen) atoms. The van der Waals surface area contributed by atoms with Gasteiger partial charge in [0.05, 0.1) is 6.20 Å². The van der Waals surface area contributed by atoms with Gasteiger partial charge in [-0.3, -0.25) is 0 Å². The topological polar surface area (TPSA) is 38.1 Å². The fraction of sp³-hybridized carbons (Fsp3) is 0.812. The molecule has 2 fully saturated rings. The minimum atomic E-state index is 0.778. The minimum Gasteiger partial charge on any atom is -0.446 e. The zero-order chi connectivity index (χ0) is 12.9. The van der Waals surface area contributed by atoms with Crippen LogP contribution < -0.4 is 5.32 Å². The maximum absolute atomic E-state index is 5.88. The molecule has 0 amide bonds. The van der Waals surface area contributed by atoms with Crippen LogP contribution in [-0.4, -0.2) is 17.6 Å². The van der Waals surface area contributed by atoms with E-state index in [4.69, 9.17) is 4.42 Å². The summed E-state index contributed by atoms with van der Waals surface area (Å²) < 4.78 is 5.88. The van der Waals surface area contributed by atoms with Gasteiger partial charge in [0.1, 0.15) is 5.76 Å². The third kappa shape index (κ3) is 4.34. The lowest BCUT2D eigenvalue weighted by molar-refractivity contribution is 0.385. The fourth-order valence-corrected chi connectivity index (χ4v) is 3.08. The first kappa shape index (κ1) is 13.2. The lowest BCUT2D eigenvalue weighted by Gasteiger charge is -2.11. The maximum atomic E-state index is 5.88. The average molecular weight is 262 g/mol. The van der Waals surface area contributed by atoms with Crippen LogP contribution in [0.1, 0.15) is 63.0 Å². The molecule has 2 aliphatic rings. The number of hydrogen-bond donors (Lipinski definition) is 1. The Morgan fingerprint density at radius 2 is 1.89 bits per heavy atom. The quantitative estimate of drug-likeness (QED) is 0.798. The molecule has 106 valence electrons. The van der Waals surface area contributed by atoms with Crippen molar-refractivity contribution < 1.29 is 4.42 Å². The van der Waals surface area contributed by atoms with Crippen molar-refractivity contribution in [2.45, 2.75) is 70.3 Å². The van der Waals surface area contributed by atoms with Crippen LogP contribution in [0.4, 0.5) is 0 Å². The van der Waals surface area contributed by atoms with Gasteiger partial charge in [-0.1, -0.05) is 38.5 Å². The summed E-state index contributed by atoms with van der Waals surface area (Å²) in [6.45, 7) is 1.01. The monoisotopic (exact) mass is 262 g/mol. The second kappa shape index (κ2) is 6.56. The summed E-state index contributed by atoms with van der Waals surface area (Å²) >= 11 is 0. The molecule has 0 atom stereocenters. The fourth-order valence-electron chi connectivity index (χ4n) is 3.08. The predicted molar refractivity (Wildman–Crippen MR) is 76.1 cm³/mol. The van der Waals surface area contributed by atoms with Gasteiger partial charge in [0, 0.05) is 25.4 Å². The van der Waals surface area contributed by atoms with Crippen molar-refractivity contribution >= 4 is 0 Å². The molecule has 1 aromatic rings. The SMILES string of the molecule is c1nc(CCNC2CC2)oc1CC1CCCCCC1. The molecule has 3 heteroatoms. The van der Waals surface area contributed by atoms with E-state index in [9.17, 15) is 0 Å². The smallest absolute Gasteiger partial charge is 0.195 e. The summed E-state index contributed by atoms with van der Waals surface area (Å²) in [5.41, 5.74) is 0. The average Bonchev–Trinajstić information content (AvgIpc) is 3.17. The van der Waals surface area contributed by atoms with Crippen molar-refractivity contribution in [3.63, 3.8) is 0 Å². The second-order valence-electron chi connectivity index (χ2n) is 6.26. The Balaban J connectivity index is 1.43. The van der Waals surface area contributed by atoms with E-state index in [0.717, 1.165) is 43.0 Å². The van der Waals surface area contributed by atoms with Gasteiger partial charge in [-0.15, -0.1) is 0 Å². The highest BCUT2D eigenvalue weighted by Gasteiger charge is 2.20. The summed E-state index contributed by atoms with van der Waals surface area (Å²) in [7, 11) is 0. The van der Waals surface area contributed by atoms with Crippen LogP contribution in [0, 0.1) is 5.92 Å². The first-order chi connectivity index (χ1) is 9.40. The van der Waals surface area contributed by atoms with Gasteiger partial charge >= 0.3 is 0 Å². The molecular formula is C16H26N2O. The number of nitrogens with one attached hydrogen (secondary N) is 1. The van der Waals surface area contributed by atoms with Crippen molar-refractivity contribution in [2.75, 3.05) is 6.54 Å². The molecule has 0 radical (unpaired) electrons. The predicted octanol–water partition coefficient (Wildman–Crippen LogP) is 3.48. The van der Waals surface area contributed by atoms with Crippen LogP contribution in [0.25, 0.3) is 0 Å². The Bertz CT molecular complexity index is 376. The molecule has 0 spiro atoms. The van der Waals surface area contributed by atoms with Crippen LogP contribution in [-0.2, 0) is 12.8 Å². The minimum absolute atomic E-state index is 0.778. The van der Waals surface area contributed by atoms with E-state index in [1.165, 1.54) is 51.4 Å². The van der Waals surface area contributed by atoms with Gasteiger partial charge < -0.3 is 9.73 Å². The number of oxazole rings is 1. The van der Waals surface area contributed by atoms with Crippen molar-refractivity contribution in [1.82, 2.24) is 10.3 Å². The molecule has 0 unspecified atom stereocenters. The molecule has 3 rings (SSSR count). The zero-order valence-corrected chi connectivity index (χ0v) is 11.9. The third-order valence-corrected chi connectivity index (χ3v) is 4.42. The Labute approximate surface area is 116 Å².